The van der Waals surface area contributed by atoms with Crippen molar-refractivity contribution in [1.82, 2.24) is 20.1 Å². The predicted molar refractivity (Wildman–Crippen MR) is 80.4 cm³/mol. The maximum Gasteiger partial charge on any atom is 0.253 e. The fraction of sp³-hybridized carbons (Fsp3) is 0.400. The molecule has 7 nitrogen and oxygen atoms in total. The molecule has 2 amide bonds. The zero-order valence-corrected chi connectivity index (χ0v) is 12.4. The minimum Gasteiger partial charge on any atom is -0.365 e. The van der Waals surface area contributed by atoms with E-state index in [0.717, 1.165) is 24.4 Å². The van der Waals surface area contributed by atoms with Crippen LogP contribution in [0, 0.1) is 12.8 Å². The van der Waals surface area contributed by atoms with Gasteiger partial charge in [-0.05, 0) is 31.7 Å². The van der Waals surface area contributed by atoms with Crippen LogP contribution in [0.2, 0.25) is 0 Å². The third kappa shape index (κ3) is 2.61. The van der Waals surface area contributed by atoms with Crippen molar-refractivity contribution in [2.75, 3.05) is 6.54 Å². The summed E-state index contributed by atoms with van der Waals surface area (Å²) in [6.07, 6.45) is 4.90. The van der Waals surface area contributed by atoms with Crippen LogP contribution in [0.3, 0.4) is 0 Å². The standard InChI is InChI=1S/C15H19N5O2/c1-9-11(2-4-17-9)15(22)18-7-10-3-5-20-13(6-10)12(8-19-20)14(16)21/h2,4,8,10,17H,3,5-7H2,1H3,(H2,16,21)(H,18,22). The number of amides is 2. The summed E-state index contributed by atoms with van der Waals surface area (Å²) in [4.78, 5) is 26.5. The summed E-state index contributed by atoms with van der Waals surface area (Å²) in [5.74, 6) is -0.243. The van der Waals surface area contributed by atoms with Gasteiger partial charge < -0.3 is 16.0 Å². The van der Waals surface area contributed by atoms with Crippen molar-refractivity contribution in [3.8, 4) is 0 Å². The van der Waals surface area contributed by atoms with Gasteiger partial charge in [-0.2, -0.15) is 5.10 Å². The van der Waals surface area contributed by atoms with Crippen LogP contribution in [0.15, 0.2) is 18.5 Å². The molecule has 1 aliphatic rings. The maximum absolute atomic E-state index is 12.1. The summed E-state index contributed by atoms with van der Waals surface area (Å²) in [6.45, 7) is 3.19. The zero-order valence-electron chi connectivity index (χ0n) is 12.4. The monoisotopic (exact) mass is 301 g/mol. The first kappa shape index (κ1) is 14.4. The quantitative estimate of drug-likeness (QED) is 0.770. The second-order valence-corrected chi connectivity index (χ2v) is 5.68. The van der Waals surface area contributed by atoms with E-state index in [1.54, 1.807) is 12.3 Å². The molecule has 0 radical (unpaired) electrons. The van der Waals surface area contributed by atoms with Gasteiger partial charge in [0, 0.05) is 25.0 Å². The van der Waals surface area contributed by atoms with Crippen molar-refractivity contribution in [1.29, 1.82) is 0 Å². The Kier molecular flexibility index (Phi) is 3.70. The molecule has 0 fully saturated rings. The molecule has 0 spiro atoms. The normalized spacial score (nSPS) is 17.0. The van der Waals surface area contributed by atoms with Crippen LogP contribution >= 0.6 is 0 Å². The molecule has 0 aromatic carbocycles. The number of carbonyl (C=O) groups is 2. The first-order valence-corrected chi connectivity index (χ1v) is 7.33. The number of carbonyl (C=O) groups excluding carboxylic acids is 2. The van der Waals surface area contributed by atoms with Crippen LogP contribution in [-0.2, 0) is 13.0 Å². The lowest BCUT2D eigenvalue weighted by Gasteiger charge is -2.24. The fourth-order valence-electron chi connectivity index (χ4n) is 2.91. The molecule has 2 aromatic rings. The summed E-state index contributed by atoms with van der Waals surface area (Å²) in [5, 5.41) is 7.15. The van der Waals surface area contributed by atoms with E-state index in [1.165, 1.54) is 6.20 Å². The Balaban J connectivity index is 1.63. The Morgan fingerprint density at radius 1 is 1.50 bits per heavy atom. The second kappa shape index (κ2) is 5.67. The van der Waals surface area contributed by atoms with Crippen molar-refractivity contribution in [3.63, 3.8) is 0 Å². The number of primary amides is 1. The first-order chi connectivity index (χ1) is 10.6. The van der Waals surface area contributed by atoms with Crippen LogP contribution in [0.25, 0.3) is 0 Å². The highest BCUT2D eigenvalue weighted by Crippen LogP contribution is 2.22. The Morgan fingerprint density at radius 2 is 2.32 bits per heavy atom. The molecular weight excluding hydrogens is 282 g/mol. The van der Waals surface area contributed by atoms with Gasteiger partial charge in [0.05, 0.1) is 23.0 Å². The van der Waals surface area contributed by atoms with E-state index in [0.29, 0.717) is 24.1 Å². The summed E-state index contributed by atoms with van der Waals surface area (Å²) in [6, 6.07) is 1.77. The van der Waals surface area contributed by atoms with Crippen LogP contribution in [0.1, 0.15) is 38.5 Å². The van der Waals surface area contributed by atoms with E-state index in [-0.39, 0.29) is 11.8 Å². The van der Waals surface area contributed by atoms with Crippen molar-refractivity contribution < 1.29 is 9.59 Å². The molecular formula is C15H19N5O2. The molecule has 2 aromatic heterocycles. The summed E-state index contributed by atoms with van der Waals surface area (Å²) in [5.41, 5.74) is 8.24. The van der Waals surface area contributed by atoms with Gasteiger partial charge >= 0.3 is 0 Å². The van der Waals surface area contributed by atoms with Crippen molar-refractivity contribution in [3.05, 3.63) is 41.0 Å². The number of fused-ring (bicyclic) bond motifs is 1. The molecule has 7 heteroatoms. The number of aryl methyl sites for hydroxylation is 2. The number of hydrogen-bond donors (Lipinski definition) is 3. The number of H-pyrrole nitrogens is 1. The topological polar surface area (TPSA) is 106 Å². The first-order valence-electron chi connectivity index (χ1n) is 7.33. The molecule has 4 N–H and O–H groups in total. The zero-order chi connectivity index (χ0) is 15.7. The van der Waals surface area contributed by atoms with Gasteiger partial charge in [0.25, 0.3) is 11.8 Å². The van der Waals surface area contributed by atoms with Crippen molar-refractivity contribution in [2.45, 2.75) is 26.3 Å². The molecule has 116 valence electrons. The van der Waals surface area contributed by atoms with Gasteiger partial charge in [0.2, 0.25) is 0 Å². The van der Waals surface area contributed by atoms with Crippen molar-refractivity contribution >= 4 is 11.8 Å². The molecule has 1 unspecified atom stereocenters. The lowest BCUT2D eigenvalue weighted by Crippen LogP contribution is -2.34. The Morgan fingerprint density at radius 3 is 3.00 bits per heavy atom. The number of nitrogens with zero attached hydrogens (tertiary/aromatic N) is 2. The molecule has 0 bridgehead atoms. The number of nitrogens with one attached hydrogen (secondary N) is 2. The molecule has 1 atom stereocenters. The van der Waals surface area contributed by atoms with E-state index in [9.17, 15) is 9.59 Å². The highest BCUT2D eigenvalue weighted by molar-refractivity contribution is 5.95. The van der Waals surface area contributed by atoms with Gasteiger partial charge in [0.15, 0.2) is 0 Å². The summed E-state index contributed by atoms with van der Waals surface area (Å²) >= 11 is 0. The van der Waals surface area contributed by atoms with Crippen LogP contribution in [0.4, 0.5) is 0 Å². The van der Waals surface area contributed by atoms with Gasteiger partial charge in [0.1, 0.15) is 0 Å². The summed E-state index contributed by atoms with van der Waals surface area (Å²) in [7, 11) is 0. The van der Waals surface area contributed by atoms with Crippen LogP contribution < -0.4 is 11.1 Å². The fourth-order valence-corrected chi connectivity index (χ4v) is 2.91. The number of nitrogens with two attached hydrogens (primary N) is 1. The van der Waals surface area contributed by atoms with Crippen LogP contribution in [-0.4, -0.2) is 33.1 Å². The van der Waals surface area contributed by atoms with E-state index in [2.05, 4.69) is 15.4 Å². The van der Waals surface area contributed by atoms with Gasteiger partial charge in [-0.1, -0.05) is 0 Å². The Bertz CT molecular complexity index is 715. The minimum atomic E-state index is -0.450. The largest absolute Gasteiger partial charge is 0.365 e. The smallest absolute Gasteiger partial charge is 0.253 e. The average molecular weight is 301 g/mol. The molecule has 22 heavy (non-hydrogen) atoms. The average Bonchev–Trinajstić information content (AvgIpc) is 3.10. The lowest BCUT2D eigenvalue weighted by atomic mass is 9.94. The highest BCUT2D eigenvalue weighted by atomic mass is 16.2. The Labute approximate surface area is 127 Å². The third-order valence-electron chi connectivity index (χ3n) is 4.20. The number of aromatic amines is 1. The Hall–Kier alpha value is -2.57. The maximum atomic E-state index is 12.1. The molecule has 1 aliphatic heterocycles. The van der Waals surface area contributed by atoms with E-state index >= 15 is 0 Å². The summed E-state index contributed by atoms with van der Waals surface area (Å²) < 4.78 is 1.83. The molecule has 0 aliphatic carbocycles. The van der Waals surface area contributed by atoms with Gasteiger partial charge in [-0.15, -0.1) is 0 Å². The minimum absolute atomic E-state index is 0.0760. The predicted octanol–water partition coefficient (Wildman–Crippen LogP) is 0.611. The van der Waals surface area contributed by atoms with Gasteiger partial charge in [-0.3, -0.25) is 14.3 Å². The van der Waals surface area contributed by atoms with Crippen molar-refractivity contribution in [2.24, 2.45) is 11.7 Å². The molecule has 0 saturated carbocycles. The highest BCUT2D eigenvalue weighted by Gasteiger charge is 2.24. The van der Waals surface area contributed by atoms with E-state index < -0.39 is 5.91 Å². The number of aromatic nitrogens is 3. The molecule has 3 rings (SSSR count). The van der Waals surface area contributed by atoms with Crippen LogP contribution in [0.5, 0.6) is 0 Å². The van der Waals surface area contributed by atoms with Gasteiger partial charge in [-0.25, -0.2) is 0 Å². The number of rotatable bonds is 4. The SMILES string of the molecule is Cc1[nH]ccc1C(=O)NCC1CCn2ncc(C(N)=O)c2C1. The third-order valence-corrected chi connectivity index (χ3v) is 4.20. The number of hydrogen-bond acceptors (Lipinski definition) is 3. The second-order valence-electron chi connectivity index (χ2n) is 5.68. The molecule has 3 heterocycles. The molecule has 0 saturated heterocycles. The van der Waals surface area contributed by atoms with E-state index in [4.69, 9.17) is 5.73 Å². The van der Waals surface area contributed by atoms with E-state index in [1.807, 2.05) is 11.6 Å². The lowest BCUT2D eigenvalue weighted by molar-refractivity contribution is 0.0941.